The molecule has 5 nitrogen and oxygen atoms in total. The van der Waals surface area contributed by atoms with E-state index in [2.05, 4.69) is 10.3 Å². The fourth-order valence-electron chi connectivity index (χ4n) is 2.14. The Morgan fingerprint density at radius 1 is 1.36 bits per heavy atom. The van der Waals surface area contributed by atoms with Gasteiger partial charge in [-0.15, -0.1) is 0 Å². The number of rotatable bonds is 6. The second kappa shape index (κ2) is 6.75. The number of carbonyl (C=O) groups excluding carboxylic acids is 2. The predicted molar refractivity (Wildman–Crippen MR) is 84.9 cm³/mol. The monoisotopic (exact) mass is 319 g/mol. The van der Waals surface area contributed by atoms with E-state index in [0.29, 0.717) is 30.0 Å². The molecule has 0 aliphatic rings. The van der Waals surface area contributed by atoms with E-state index in [1.54, 1.807) is 29.2 Å². The Balaban J connectivity index is 1.92. The van der Waals surface area contributed by atoms with Crippen LogP contribution in [0, 0.1) is 0 Å². The smallest absolute Gasteiger partial charge is 0.222 e. The average Bonchev–Trinajstić information content (AvgIpc) is 2.93. The van der Waals surface area contributed by atoms with Crippen LogP contribution >= 0.6 is 11.6 Å². The number of halogens is 1. The summed E-state index contributed by atoms with van der Waals surface area (Å²) >= 11 is 5.88. The first-order valence-corrected chi connectivity index (χ1v) is 7.32. The number of amides is 1. The van der Waals surface area contributed by atoms with Gasteiger partial charge in [0.15, 0.2) is 6.29 Å². The van der Waals surface area contributed by atoms with Crippen LogP contribution in [0.2, 0.25) is 5.02 Å². The van der Waals surface area contributed by atoms with Crippen molar-refractivity contribution in [3.8, 4) is 0 Å². The van der Waals surface area contributed by atoms with Gasteiger partial charge in [0.25, 0.3) is 0 Å². The maximum Gasteiger partial charge on any atom is 0.222 e. The minimum atomic E-state index is -0.482. The number of carbonyl (C=O) groups is 2. The van der Waals surface area contributed by atoms with Gasteiger partial charge in [-0.05, 0) is 31.5 Å². The van der Waals surface area contributed by atoms with E-state index >= 15 is 0 Å². The van der Waals surface area contributed by atoms with Crippen molar-refractivity contribution in [1.29, 1.82) is 0 Å². The first kappa shape index (κ1) is 16.2. The molecular weight excluding hydrogens is 302 g/mol. The molecule has 2 aromatic rings. The molecule has 1 N–H and O–H groups in total. The third kappa shape index (κ3) is 4.18. The number of nitrogens with zero attached hydrogens (tertiary/aromatic N) is 2. The third-order valence-corrected chi connectivity index (χ3v) is 3.64. The number of benzene rings is 1. The van der Waals surface area contributed by atoms with Gasteiger partial charge in [-0.25, -0.2) is 4.98 Å². The molecule has 0 radical (unpaired) electrons. The lowest BCUT2D eigenvalue weighted by Gasteiger charge is -2.27. The van der Waals surface area contributed by atoms with Gasteiger partial charge in [-0.2, -0.15) is 0 Å². The first-order chi connectivity index (χ1) is 10.4. The second-order valence-electron chi connectivity index (χ2n) is 5.58. The summed E-state index contributed by atoms with van der Waals surface area (Å²) in [6.07, 6.45) is 4.15. The number of aldehydes is 1. The van der Waals surface area contributed by atoms with Crippen LogP contribution in [-0.2, 0) is 16.9 Å². The van der Waals surface area contributed by atoms with Crippen molar-refractivity contribution in [3.63, 3.8) is 0 Å². The Kier molecular flexibility index (Phi) is 4.98. The number of hydrogen-bond donors (Lipinski definition) is 1. The molecule has 0 aliphatic heterocycles. The quantitative estimate of drug-likeness (QED) is 0.833. The molecule has 0 saturated heterocycles. The van der Waals surface area contributed by atoms with Crippen molar-refractivity contribution in [3.05, 3.63) is 53.1 Å². The van der Waals surface area contributed by atoms with E-state index in [1.807, 2.05) is 26.0 Å². The van der Waals surface area contributed by atoms with Crippen molar-refractivity contribution in [2.75, 3.05) is 0 Å². The zero-order valence-electron chi connectivity index (χ0n) is 12.5. The van der Waals surface area contributed by atoms with Gasteiger partial charge in [0, 0.05) is 24.2 Å². The van der Waals surface area contributed by atoms with Crippen LogP contribution in [0.1, 0.15) is 36.3 Å². The molecule has 1 aromatic heterocycles. The van der Waals surface area contributed by atoms with Gasteiger partial charge in [0.1, 0.15) is 5.69 Å². The third-order valence-electron chi connectivity index (χ3n) is 3.39. The molecule has 1 amide bonds. The van der Waals surface area contributed by atoms with Gasteiger partial charge in [-0.1, -0.05) is 23.7 Å². The van der Waals surface area contributed by atoms with Gasteiger partial charge in [0.2, 0.25) is 5.91 Å². The lowest BCUT2D eigenvalue weighted by atomic mass is 9.94. The summed E-state index contributed by atoms with van der Waals surface area (Å²) in [5.74, 6) is -0.0682. The summed E-state index contributed by atoms with van der Waals surface area (Å²) in [5, 5.41) is 3.66. The summed E-state index contributed by atoms with van der Waals surface area (Å²) in [7, 11) is 0. The Hall–Kier alpha value is -2.14. The van der Waals surface area contributed by atoms with Crippen LogP contribution < -0.4 is 5.32 Å². The van der Waals surface area contributed by atoms with Crippen LogP contribution in [0.4, 0.5) is 0 Å². The van der Waals surface area contributed by atoms with Gasteiger partial charge in [-0.3, -0.25) is 9.59 Å². The highest BCUT2D eigenvalue weighted by molar-refractivity contribution is 6.30. The highest BCUT2D eigenvalue weighted by atomic mass is 35.5. The van der Waals surface area contributed by atoms with Gasteiger partial charge < -0.3 is 9.88 Å². The number of imidazole rings is 1. The first-order valence-electron chi connectivity index (χ1n) is 6.95. The maximum atomic E-state index is 12.1. The maximum absolute atomic E-state index is 12.1. The molecule has 0 unspecified atom stereocenters. The zero-order valence-corrected chi connectivity index (χ0v) is 13.3. The van der Waals surface area contributed by atoms with Crippen molar-refractivity contribution in [1.82, 2.24) is 14.9 Å². The topological polar surface area (TPSA) is 64.0 Å². The molecule has 1 aromatic carbocycles. The van der Waals surface area contributed by atoms with Gasteiger partial charge in [0.05, 0.1) is 11.9 Å². The minimum Gasteiger partial charge on any atom is -0.347 e. The van der Waals surface area contributed by atoms with Crippen molar-refractivity contribution in [2.24, 2.45) is 0 Å². The lowest BCUT2D eigenvalue weighted by Crippen LogP contribution is -2.41. The van der Waals surface area contributed by atoms with Crippen LogP contribution in [0.5, 0.6) is 0 Å². The Labute approximate surface area is 134 Å². The van der Waals surface area contributed by atoms with E-state index in [1.165, 1.54) is 0 Å². The highest BCUT2D eigenvalue weighted by Crippen LogP contribution is 2.22. The van der Waals surface area contributed by atoms with Crippen molar-refractivity contribution < 1.29 is 9.59 Å². The fourth-order valence-corrected chi connectivity index (χ4v) is 2.27. The molecule has 0 spiro atoms. The van der Waals surface area contributed by atoms with E-state index < -0.39 is 5.54 Å². The number of hydrogen-bond acceptors (Lipinski definition) is 3. The SMILES string of the molecule is CC(C)(NC(=O)CCn1cnc(C=O)c1)c1ccc(Cl)cc1. The standard InChI is InChI=1S/C16H18ClN3O2/c1-16(2,12-3-5-13(17)6-4-12)19-15(22)7-8-20-9-14(10-21)18-11-20/h3-6,9-11H,7-8H2,1-2H3,(H,19,22). The summed E-state index contributed by atoms with van der Waals surface area (Å²) in [4.78, 5) is 26.6. The van der Waals surface area contributed by atoms with Crippen LogP contribution in [0.15, 0.2) is 36.8 Å². The normalized spacial score (nSPS) is 11.2. The zero-order chi connectivity index (χ0) is 16.2. The van der Waals surface area contributed by atoms with Crippen LogP contribution in [0.3, 0.4) is 0 Å². The number of aryl methyl sites for hydroxylation is 1. The molecule has 1 heterocycles. The minimum absolute atomic E-state index is 0.0682. The Bertz CT molecular complexity index is 662. The van der Waals surface area contributed by atoms with Crippen molar-refractivity contribution >= 4 is 23.8 Å². The molecule has 0 aliphatic carbocycles. The summed E-state index contributed by atoms with van der Waals surface area (Å²) in [5.41, 5.74) is 0.864. The lowest BCUT2D eigenvalue weighted by molar-refractivity contribution is -0.123. The summed E-state index contributed by atoms with van der Waals surface area (Å²) in [6, 6.07) is 7.40. The van der Waals surface area contributed by atoms with Crippen LogP contribution in [-0.4, -0.2) is 21.7 Å². The van der Waals surface area contributed by atoms with E-state index in [0.717, 1.165) is 5.56 Å². The molecule has 0 atom stereocenters. The highest BCUT2D eigenvalue weighted by Gasteiger charge is 2.22. The molecule has 0 fully saturated rings. The molecule has 116 valence electrons. The summed E-state index contributed by atoms with van der Waals surface area (Å²) in [6.45, 7) is 4.36. The average molecular weight is 320 g/mol. The Morgan fingerprint density at radius 2 is 2.05 bits per heavy atom. The Morgan fingerprint density at radius 3 is 2.64 bits per heavy atom. The van der Waals surface area contributed by atoms with Crippen LogP contribution in [0.25, 0.3) is 0 Å². The second-order valence-corrected chi connectivity index (χ2v) is 6.02. The molecular formula is C16H18ClN3O2. The summed E-state index contributed by atoms with van der Waals surface area (Å²) < 4.78 is 1.72. The van der Waals surface area contributed by atoms with Gasteiger partial charge >= 0.3 is 0 Å². The van der Waals surface area contributed by atoms with E-state index in [-0.39, 0.29) is 5.91 Å². The van der Waals surface area contributed by atoms with Crippen molar-refractivity contribution in [2.45, 2.75) is 32.4 Å². The van der Waals surface area contributed by atoms with E-state index in [9.17, 15) is 9.59 Å². The van der Waals surface area contributed by atoms with E-state index in [4.69, 9.17) is 11.6 Å². The predicted octanol–water partition coefficient (Wildman–Crippen LogP) is 2.79. The number of aromatic nitrogens is 2. The largest absolute Gasteiger partial charge is 0.347 e. The number of nitrogens with one attached hydrogen (secondary N) is 1. The molecule has 0 bridgehead atoms. The molecule has 22 heavy (non-hydrogen) atoms. The fraction of sp³-hybridized carbons (Fsp3) is 0.312. The molecule has 2 rings (SSSR count). The molecule has 0 saturated carbocycles. The molecule has 6 heteroatoms.